The zero-order chi connectivity index (χ0) is 20.6. The summed E-state index contributed by atoms with van der Waals surface area (Å²) in [7, 11) is -3.54. The molecule has 0 aliphatic rings. The molecule has 5 nitrogen and oxygen atoms in total. The molecule has 0 unspecified atom stereocenters. The number of halogens is 1. The molecule has 2 aromatic rings. The number of rotatable bonds is 9. The number of hydrogen-bond donors (Lipinski definition) is 1. The average Bonchev–Trinajstić information content (AvgIpc) is 2.68. The average molecular weight is 405 g/mol. The number of nitrogens with one attached hydrogen (secondary N) is 1. The molecule has 0 bridgehead atoms. The van der Waals surface area contributed by atoms with Gasteiger partial charge in [0.1, 0.15) is 5.82 Å². The third-order valence-electron chi connectivity index (χ3n) is 4.00. The van der Waals surface area contributed by atoms with Crippen molar-refractivity contribution in [3.8, 4) is 0 Å². The van der Waals surface area contributed by atoms with Gasteiger partial charge in [-0.25, -0.2) is 12.8 Å². The standard InChI is InChI=1S/C21H25FN2O3S/c1-3-15-24(16-4-2)28(26,27)20-12-10-19(11-13-20)23-21(25)14-7-17-5-8-18(22)9-6-17/h5-14H,3-4,15-16H2,1-2H3,(H,23,25). The van der Waals surface area contributed by atoms with Gasteiger partial charge in [0, 0.05) is 24.9 Å². The molecule has 150 valence electrons. The first-order chi connectivity index (χ1) is 13.4. The Morgan fingerprint density at radius 2 is 1.57 bits per heavy atom. The normalized spacial score (nSPS) is 11.9. The topological polar surface area (TPSA) is 66.5 Å². The van der Waals surface area contributed by atoms with Gasteiger partial charge in [-0.3, -0.25) is 4.79 Å². The summed E-state index contributed by atoms with van der Waals surface area (Å²) in [6.45, 7) is 4.83. The van der Waals surface area contributed by atoms with Gasteiger partial charge in [-0.05, 0) is 60.9 Å². The summed E-state index contributed by atoms with van der Waals surface area (Å²) in [5.41, 5.74) is 1.19. The van der Waals surface area contributed by atoms with Crippen molar-refractivity contribution in [1.29, 1.82) is 0 Å². The van der Waals surface area contributed by atoms with Gasteiger partial charge in [0.2, 0.25) is 15.9 Å². The second-order valence-corrected chi connectivity index (χ2v) is 8.24. The van der Waals surface area contributed by atoms with Gasteiger partial charge in [-0.1, -0.05) is 26.0 Å². The second kappa shape index (κ2) is 10.1. The molecule has 2 rings (SSSR count). The van der Waals surface area contributed by atoms with Crippen LogP contribution in [0.15, 0.2) is 59.5 Å². The minimum atomic E-state index is -3.54. The summed E-state index contributed by atoms with van der Waals surface area (Å²) >= 11 is 0. The summed E-state index contributed by atoms with van der Waals surface area (Å²) < 4.78 is 39.8. The van der Waals surface area contributed by atoms with E-state index < -0.39 is 10.0 Å². The molecule has 0 saturated heterocycles. The van der Waals surface area contributed by atoms with E-state index in [1.807, 2.05) is 13.8 Å². The third kappa shape index (κ3) is 6.00. The molecule has 0 atom stereocenters. The Kier molecular flexibility index (Phi) is 7.90. The first kappa shape index (κ1) is 21.8. The summed E-state index contributed by atoms with van der Waals surface area (Å²) in [4.78, 5) is 12.2. The fourth-order valence-corrected chi connectivity index (χ4v) is 4.26. The summed E-state index contributed by atoms with van der Waals surface area (Å²) in [6.07, 6.45) is 4.39. The number of amides is 1. The molecule has 0 aliphatic heterocycles. The predicted molar refractivity (Wildman–Crippen MR) is 110 cm³/mol. The summed E-state index contributed by atoms with van der Waals surface area (Å²) in [5, 5.41) is 2.67. The molecular weight excluding hydrogens is 379 g/mol. The number of carbonyl (C=O) groups excluding carboxylic acids is 1. The van der Waals surface area contributed by atoms with E-state index in [1.165, 1.54) is 34.6 Å². The largest absolute Gasteiger partial charge is 0.323 e. The fraction of sp³-hybridized carbons (Fsp3) is 0.286. The Morgan fingerprint density at radius 3 is 2.11 bits per heavy atom. The quantitative estimate of drug-likeness (QED) is 0.634. The zero-order valence-electron chi connectivity index (χ0n) is 16.1. The molecule has 7 heteroatoms. The van der Waals surface area contributed by atoms with E-state index in [0.29, 0.717) is 24.3 Å². The van der Waals surface area contributed by atoms with Gasteiger partial charge < -0.3 is 5.32 Å². The van der Waals surface area contributed by atoms with Crippen molar-refractivity contribution in [2.45, 2.75) is 31.6 Å². The maximum atomic E-state index is 12.9. The molecule has 0 aromatic heterocycles. The maximum Gasteiger partial charge on any atom is 0.248 e. The Morgan fingerprint density at radius 1 is 1.00 bits per heavy atom. The highest BCUT2D eigenvalue weighted by Gasteiger charge is 2.22. The first-order valence-electron chi connectivity index (χ1n) is 9.21. The lowest BCUT2D eigenvalue weighted by Crippen LogP contribution is -2.32. The highest BCUT2D eigenvalue weighted by molar-refractivity contribution is 7.89. The summed E-state index contributed by atoms with van der Waals surface area (Å²) in [5.74, 6) is -0.702. The van der Waals surface area contributed by atoms with E-state index in [1.54, 1.807) is 30.3 Å². The summed E-state index contributed by atoms with van der Waals surface area (Å²) in [6, 6.07) is 11.9. The minimum Gasteiger partial charge on any atom is -0.323 e. The van der Waals surface area contributed by atoms with E-state index >= 15 is 0 Å². The fourth-order valence-electron chi connectivity index (χ4n) is 2.64. The van der Waals surface area contributed by atoms with Crippen LogP contribution in [-0.4, -0.2) is 31.7 Å². The van der Waals surface area contributed by atoms with Gasteiger partial charge in [0.25, 0.3) is 0 Å². The molecule has 1 N–H and O–H groups in total. The van der Waals surface area contributed by atoms with E-state index in [-0.39, 0.29) is 16.6 Å². The number of nitrogens with zero attached hydrogens (tertiary/aromatic N) is 1. The van der Waals surface area contributed by atoms with Gasteiger partial charge in [-0.2, -0.15) is 4.31 Å². The number of carbonyl (C=O) groups is 1. The minimum absolute atomic E-state index is 0.203. The lowest BCUT2D eigenvalue weighted by atomic mass is 10.2. The number of benzene rings is 2. The number of anilines is 1. The molecule has 2 aromatic carbocycles. The van der Waals surface area contributed by atoms with Crippen LogP contribution >= 0.6 is 0 Å². The lowest BCUT2D eigenvalue weighted by Gasteiger charge is -2.21. The van der Waals surface area contributed by atoms with Crippen LogP contribution in [0.2, 0.25) is 0 Å². The van der Waals surface area contributed by atoms with Crippen molar-refractivity contribution in [3.05, 3.63) is 66.0 Å². The molecule has 0 saturated carbocycles. The monoisotopic (exact) mass is 404 g/mol. The SMILES string of the molecule is CCCN(CCC)S(=O)(=O)c1ccc(NC(=O)C=Cc2ccc(F)cc2)cc1. The Balaban J connectivity index is 2.05. The molecular formula is C21H25FN2O3S. The van der Waals surface area contributed by atoms with Crippen molar-refractivity contribution < 1.29 is 17.6 Å². The Bertz CT molecular complexity index is 902. The molecule has 0 spiro atoms. The van der Waals surface area contributed by atoms with Crippen LogP contribution in [0.3, 0.4) is 0 Å². The van der Waals surface area contributed by atoms with E-state index in [0.717, 1.165) is 12.8 Å². The second-order valence-electron chi connectivity index (χ2n) is 6.30. The van der Waals surface area contributed by atoms with Crippen LogP contribution in [0.4, 0.5) is 10.1 Å². The Hall–Kier alpha value is -2.51. The maximum absolute atomic E-state index is 12.9. The van der Waals surface area contributed by atoms with Crippen molar-refractivity contribution in [1.82, 2.24) is 4.31 Å². The first-order valence-corrected chi connectivity index (χ1v) is 10.7. The highest BCUT2D eigenvalue weighted by Crippen LogP contribution is 2.19. The highest BCUT2D eigenvalue weighted by atomic mass is 32.2. The van der Waals surface area contributed by atoms with Crippen LogP contribution in [0.1, 0.15) is 32.3 Å². The van der Waals surface area contributed by atoms with Crippen molar-refractivity contribution in [2.24, 2.45) is 0 Å². The van der Waals surface area contributed by atoms with Crippen LogP contribution < -0.4 is 5.32 Å². The van der Waals surface area contributed by atoms with Gasteiger partial charge in [0.15, 0.2) is 0 Å². The van der Waals surface area contributed by atoms with Gasteiger partial charge in [0.05, 0.1) is 4.90 Å². The van der Waals surface area contributed by atoms with E-state index in [9.17, 15) is 17.6 Å². The van der Waals surface area contributed by atoms with Crippen molar-refractivity contribution in [3.63, 3.8) is 0 Å². The molecule has 1 amide bonds. The van der Waals surface area contributed by atoms with Crippen molar-refractivity contribution >= 4 is 27.7 Å². The van der Waals surface area contributed by atoms with E-state index in [2.05, 4.69) is 5.32 Å². The number of hydrogen-bond acceptors (Lipinski definition) is 3. The molecule has 0 radical (unpaired) electrons. The molecule has 0 heterocycles. The van der Waals surface area contributed by atoms with Crippen LogP contribution in [0, 0.1) is 5.82 Å². The number of sulfonamides is 1. The molecule has 0 aliphatic carbocycles. The molecule has 28 heavy (non-hydrogen) atoms. The van der Waals surface area contributed by atoms with Crippen LogP contribution in [0.25, 0.3) is 6.08 Å². The van der Waals surface area contributed by atoms with Crippen molar-refractivity contribution in [2.75, 3.05) is 18.4 Å². The van der Waals surface area contributed by atoms with E-state index in [4.69, 9.17) is 0 Å². The zero-order valence-corrected chi connectivity index (χ0v) is 16.9. The lowest BCUT2D eigenvalue weighted by molar-refractivity contribution is -0.111. The van der Waals surface area contributed by atoms with Gasteiger partial charge >= 0.3 is 0 Å². The third-order valence-corrected chi connectivity index (χ3v) is 5.92. The predicted octanol–water partition coefficient (Wildman–Crippen LogP) is 4.29. The molecule has 0 fully saturated rings. The smallest absolute Gasteiger partial charge is 0.248 e. The van der Waals surface area contributed by atoms with Crippen LogP contribution in [-0.2, 0) is 14.8 Å². The van der Waals surface area contributed by atoms with Gasteiger partial charge in [-0.15, -0.1) is 0 Å². The van der Waals surface area contributed by atoms with Crippen LogP contribution in [0.5, 0.6) is 0 Å². The Labute approximate surface area is 165 Å².